The average molecular weight is 405 g/mol. The number of piperazine rings is 1. The van der Waals surface area contributed by atoms with Gasteiger partial charge in [-0.1, -0.05) is 13.8 Å². The fraction of sp³-hybridized carbons (Fsp3) is 0.350. The zero-order valence-corrected chi connectivity index (χ0v) is 17.0. The van der Waals surface area contributed by atoms with Crippen LogP contribution < -0.4 is 16.0 Å². The maximum Gasteiger partial charge on any atom is 0.243 e. The molecule has 4 rings (SSSR count). The second kappa shape index (κ2) is 8.20. The van der Waals surface area contributed by atoms with Gasteiger partial charge in [0.25, 0.3) is 0 Å². The first-order chi connectivity index (χ1) is 13.4. The molecule has 0 aliphatic carbocycles. The number of hydrogen-bond acceptors (Lipinski definition) is 5. The van der Waals surface area contributed by atoms with Crippen molar-refractivity contribution in [2.75, 3.05) is 42.1 Å². The summed E-state index contributed by atoms with van der Waals surface area (Å²) in [6.07, 6.45) is 0.226. The number of nitrogens with one attached hydrogen (secondary N) is 1. The lowest BCUT2D eigenvalue weighted by atomic mass is 10.2. The van der Waals surface area contributed by atoms with Gasteiger partial charge in [0.05, 0.1) is 11.3 Å². The second-order valence-electron chi connectivity index (χ2n) is 6.53. The van der Waals surface area contributed by atoms with E-state index in [-0.39, 0.29) is 18.7 Å². The number of benzene rings is 2. The van der Waals surface area contributed by atoms with Gasteiger partial charge >= 0.3 is 0 Å². The van der Waals surface area contributed by atoms with E-state index in [1.165, 1.54) is 4.31 Å². The van der Waals surface area contributed by atoms with E-state index in [4.69, 9.17) is 5.73 Å². The SMILES string of the molecule is CC.Nc1ccc(N2CCN(S(=O)(=O)c3ccc4c(c3)CC(=O)N4)CC2)cc1.[HH]. The number of nitrogens with zero attached hydrogens (tertiary/aromatic N) is 2. The summed E-state index contributed by atoms with van der Waals surface area (Å²) in [4.78, 5) is 13.9. The lowest BCUT2D eigenvalue weighted by Crippen LogP contribution is -2.48. The van der Waals surface area contributed by atoms with Gasteiger partial charge in [-0.2, -0.15) is 4.31 Å². The summed E-state index contributed by atoms with van der Waals surface area (Å²) in [5.41, 5.74) is 8.89. The van der Waals surface area contributed by atoms with Gasteiger partial charge in [0.15, 0.2) is 0 Å². The summed E-state index contributed by atoms with van der Waals surface area (Å²) < 4.78 is 27.4. The van der Waals surface area contributed by atoms with Crippen molar-refractivity contribution >= 4 is 33.0 Å². The maximum absolute atomic E-state index is 12.9. The summed E-state index contributed by atoms with van der Waals surface area (Å²) in [6.45, 7) is 6.07. The van der Waals surface area contributed by atoms with Crippen molar-refractivity contribution in [2.24, 2.45) is 0 Å². The minimum Gasteiger partial charge on any atom is -0.399 e. The first-order valence-electron chi connectivity index (χ1n) is 9.47. The molecule has 28 heavy (non-hydrogen) atoms. The molecular weight excluding hydrogens is 376 g/mol. The molecule has 2 heterocycles. The van der Waals surface area contributed by atoms with Crippen LogP contribution in [0.4, 0.5) is 17.1 Å². The van der Waals surface area contributed by atoms with Crippen molar-refractivity contribution in [1.29, 1.82) is 0 Å². The summed E-state index contributed by atoms with van der Waals surface area (Å²) in [5.74, 6) is -0.105. The molecule has 0 saturated carbocycles. The molecule has 0 bridgehead atoms. The Morgan fingerprint density at radius 3 is 2.29 bits per heavy atom. The average Bonchev–Trinajstić information content (AvgIpc) is 3.09. The van der Waals surface area contributed by atoms with Crippen LogP contribution in [0.2, 0.25) is 0 Å². The Kier molecular flexibility index (Phi) is 5.90. The van der Waals surface area contributed by atoms with E-state index in [0.717, 1.165) is 11.3 Å². The molecule has 0 atom stereocenters. The summed E-state index contributed by atoms with van der Waals surface area (Å²) in [6, 6.07) is 12.4. The third-order valence-electron chi connectivity index (χ3n) is 4.84. The van der Waals surface area contributed by atoms with Crippen LogP contribution in [-0.4, -0.2) is 44.8 Å². The smallest absolute Gasteiger partial charge is 0.243 e. The number of fused-ring (bicyclic) bond motifs is 1. The van der Waals surface area contributed by atoms with Gasteiger partial charge < -0.3 is 16.0 Å². The van der Waals surface area contributed by atoms with Crippen molar-refractivity contribution < 1.29 is 14.6 Å². The highest BCUT2D eigenvalue weighted by Crippen LogP contribution is 2.28. The topological polar surface area (TPSA) is 95.7 Å². The number of nitrogen functional groups attached to an aromatic ring is 1. The summed E-state index contributed by atoms with van der Waals surface area (Å²) in [5, 5.41) is 2.72. The first-order valence-corrected chi connectivity index (χ1v) is 10.9. The lowest BCUT2D eigenvalue weighted by molar-refractivity contribution is -0.115. The van der Waals surface area contributed by atoms with Crippen molar-refractivity contribution in [3.05, 3.63) is 48.0 Å². The van der Waals surface area contributed by atoms with Crippen LogP contribution in [0.3, 0.4) is 0 Å². The lowest BCUT2D eigenvalue weighted by Gasteiger charge is -2.35. The van der Waals surface area contributed by atoms with Gasteiger partial charge in [0.1, 0.15) is 0 Å². The highest BCUT2D eigenvalue weighted by atomic mass is 32.2. The fourth-order valence-electron chi connectivity index (χ4n) is 3.39. The van der Waals surface area contributed by atoms with E-state index < -0.39 is 10.0 Å². The fourth-order valence-corrected chi connectivity index (χ4v) is 4.86. The molecule has 0 radical (unpaired) electrons. The predicted octanol–water partition coefficient (Wildman–Crippen LogP) is 2.55. The predicted molar refractivity (Wildman–Crippen MR) is 114 cm³/mol. The Balaban J connectivity index is 0.000000970. The molecule has 2 aliphatic heterocycles. The van der Waals surface area contributed by atoms with E-state index in [0.29, 0.717) is 37.6 Å². The number of hydrogen-bond donors (Lipinski definition) is 2. The van der Waals surface area contributed by atoms with E-state index in [1.807, 2.05) is 38.1 Å². The van der Waals surface area contributed by atoms with Gasteiger partial charge in [-0.05, 0) is 48.0 Å². The minimum absolute atomic E-state index is 0. The second-order valence-corrected chi connectivity index (χ2v) is 8.46. The Bertz CT molecular complexity index is 956. The van der Waals surface area contributed by atoms with Gasteiger partial charge in [-0.15, -0.1) is 0 Å². The highest BCUT2D eigenvalue weighted by molar-refractivity contribution is 7.89. The van der Waals surface area contributed by atoms with Gasteiger partial charge in [0.2, 0.25) is 15.9 Å². The van der Waals surface area contributed by atoms with Crippen LogP contribution in [0.1, 0.15) is 20.8 Å². The zero-order valence-electron chi connectivity index (χ0n) is 16.2. The van der Waals surface area contributed by atoms with Crippen LogP contribution in [0.15, 0.2) is 47.4 Å². The molecule has 8 heteroatoms. The molecule has 1 fully saturated rings. The first kappa shape index (κ1) is 20.2. The summed E-state index contributed by atoms with van der Waals surface area (Å²) in [7, 11) is -3.57. The number of rotatable bonds is 3. The van der Waals surface area contributed by atoms with Gasteiger partial charge in [-0.3, -0.25) is 4.79 Å². The Morgan fingerprint density at radius 2 is 1.64 bits per heavy atom. The normalized spacial score (nSPS) is 16.8. The van der Waals surface area contributed by atoms with Crippen molar-refractivity contribution in [1.82, 2.24) is 4.31 Å². The Morgan fingerprint density at radius 1 is 1.00 bits per heavy atom. The minimum atomic E-state index is -3.57. The van der Waals surface area contributed by atoms with E-state index in [1.54, 1.807) is 18.2 Å². The van der Waals surface area contributed by atoms with E-state index in [2.05, 4.69) is 10.2 Å². The quantitative estimate of drug-likeness (QED) is 0.767. The van der Waals surface area contributed by atoms with Crippen LogP contribution in [-0.2, 0) is 21.2 Å². The molecule has 1 amide bonds. The van der Waals surface area contributed by atoms with Crippen LogP contribution in [0.5, 0.6) is 0 Å². The number of nitrogens with two attached hydrogens (primary N) is 1. The maximum atomic E-state index is 12.9. The monoisotopic (exact) mass is 404 g/mol. The summed E-state index contributed by atoms with van der Waals surface area (Å²) >= 11 is 0. The van der Waals surface area contributed by atoms with E-state index >= 15 is 0 Å². The van der Waals surface area contributed by atoms with Crippen molar-refractivity contribution in [2.45, 2.75) is 25.2 Å². The molecule has 0 spiro atoms. The van der Waals surface area contributed by atoms with Crippen LogP contribution >= 0.6 is 0 Å². The standard InChI is InChI=1S/C18H20N4O3S.C2H6.H2/c19-14-1-3-15(4-2-14)21-7-9-22(10-8-21)26(24,25)16-5-6-17-13(11-16)12-18(23)20-17;1-2;/h1-6,11H,7-10,12,19H2,(H,20,23);1-2H3;1H. The van der Waals surface area contributed by atoms with Crippen LogP contribution in [0, 0.1) is 0 Å². The third-order valence-corrected chi connectivity index (χ3v) is 6.73. The molecule has 1 saturated heterocycles. The molecule has 2 aromatic carbocycles. The largest absolute Gasteiger partial charge is 0.399 e. The molecule has 0 aromatic heterocycles. The highest BCUT2D eigenvalue weighted by Gasteiger charge is 2.30. The van der Waals surface area contributed by atoms with Crippen molar-refractivity contribution in [3.63, 3.8) is 0 Å². The van der Waals surface area contributed by atoms with Gasteiger partial charge in [-0.25, -0.2) is 8.42 Å². The molecular formula is C20H28N4O3S. The van der Waals surface area contributed by atoms with Gasteiger partial charge in [0, 0.05) is 44.7 Å². The third kappa shape index (κ3) is 3.98. The Hall–Kier alpha value is -2.58. The number of sulfonamides is 1. The number of carbonyl (C=O) groups excluding carboxylic acids is 1. The van der Waals surface area contributed by atoms with Crippen molar-refractivity contribution in [3.8, 4) is 0 Å². The number of amides is 1. The molecule has 2 aromatic rings. The van der Waals surface area contributed by atoms with Crippen LogP contribution in [0.25, 0.3) is 0 Å². The zero-order chi connectivity index (χ0) is 20.3. The molecule has 152 valence electrons. The molecule has 3 N–H and O–H groups in total. The molecule has 7 nitrogen and oxygen atoms in total. The number of carbonyl (C=O) groups is 1. The number of anilines is 3. The molecule has 2 aliphatic rings. The molecule has 0 unspecified atom stereocenters. The Labute approximate surface area is 167 Å². The van der Waals surface area contributed by atoms with E-state index in [9.17, 15) is 13.2 Å².